The molecular weight excluding hydrogens is 261 g/mol. The molecule has 1 aliphatic carbocycles. The smallest absolute Gasteiger partial charge is 0.299 e. The molecule has 1 aromatic carbocycles. The summed E-state index contributed by atoms with van der Waals surface area (Å²) in [6.45, 7) is 1.89. The lowest BCUT2D eigenvalue weighted by Gasteiger charge is -2.32. The molecule has 0 radical (unpaired) electrons. The van der Waals surface area contributed by atoms with Crippen LogP contribution in [0.1, 0.15) is 24.8 Å². The first-order valence-corrected chi connectivity index (χ1v) is 6.67. The first-order chi connectivity index (χ1) is 8.37. The molecule has 98 valence electrons. The van der Waals surface area contributed by atoms with Crippen molar-refractivity contribution in [2.24, 2.45) is 5.92 Å². The van der Waals surface area contributed by atoms with Gasteiger partial charge in [0.1, 0.15) is 5.78 Å². The van der Waals surface area contributed by atoms with Gasteiger partial charge in [0, 0.05) is 23.2 Å². The third kappa shape index (κ3) is 3.07. The van der Waals surface area contributed by atoms with Gasteiger partial charge in [-0.05, 0) is 17.7 Å². The van der Waals surface area contributed by atoms with Crippen LogP contribution in [0.15, 0.2) is 29.2 Å². The largest absolute Gasteiger partial charge is 0.398 e. The van der Waals surface area contributed by atoms with Gasteiger partial charge in [-0.25, -0.2) is 0 Å². The number of hydrogen-bond acceptors (Lipinski definition) is 2. The topological polar surface area (TPSA) is 17.1 Å². The number of halogens is 3. The van der Waals surface area contributed by atoms with Crippen LogP contribution in [-0.4, -0.2) is 17.7 Å². The number of ketones is 1. The molecule has 0 aliphatic heterocycles. The highest BCUT2D eigenvalue weighted by Crippen LogP contribution is 2.39. The van der Waals surface area contributed by atoms with Gasteiger partial charge in [-0.3, -0.25) is 4.79 Å². The van der Waals surface area contributed by atoms with E-state index < -0.39 is 11.9 Å². The standard InChI is InChI=1S/C13H13F3OS/c1-8-11(6-12(8)17)9-2-4-10(5-3-9)18-7-13(14,15)16/h2-5,8,11H,6-7H2,1H3. The first-order valence-electron chi connectivity index (χ1n) is 5.69. The summed E-state index contributed by atoms with van der Waals surface area (Å²) >= 11 is 0.783. The fourth-order valence-corrected chi connectivity index (χ4v) is 2.69. The summed E-state index contributed by atoms with van der Waals surface area (Å²) in [6, 6.07) is 7.04. The van der Waals surface area contributed by atoms with Crippen molar-refractivity contribution >= 4 is 17.5 Å². The lowest BCUT2D eigenvalue weighted by molar-refractivity contribution is -0.130. The van der Waals surface area contributed by atoms with E-state index in [4.69, 9.17) is 0 Å². The van der Waals surface area contributed by atoms with Gasteiger partial charge in [0.05, 0.1) is 5.75 Å². The summed E-state index contributed by atoms with van der Waals surface area (Å²) in [5, 5.41) is 0. The van der Waals surface area contributed by atoms with Crippen LogP contribution in [0.5, 0.6) is 0 Å². The normalized spacial score (nSPS) is 23.9. The fourth-order valence-electron chi connectivity index (χ4n) is 2.03. The Morgan fingerprint density at radius 1 is 1.28 bits per heavy atom. The molecular formula is C13H13F3OS. The Morgan fingerprint density at radius 2 is 1.89 bits per heavy atom. The number of benzene rings is 1. The second-order valence-corrected chi connectivity index (χ2v) is 5.59. The first kappa shape index (κ1) is 13.5. The SMILES string of the molecule is CC1C(=O)CC1c1ccc(SCC(F)(F)F)cc1. The van der Waals surface area contributed by atoms with E-state index in [0.29, 0.717) is 11.3 Å². The summed E-state index contributed by atoms with van der Waals surface area (Å²) in [6.07, 6.45) is -3.59. The van der Waals surface area contributed by atoms with E-state index in [1.807, 2.05) is 19.1 Å². The highest BCUT2D eigenvalue weighted by Gasteiger charge is 2.36. The van der Waals surface area contributed by atoms with Crippen molar-refractivity contribution in [3.05, 3.63) is 29.8 Å². The van der Waals surface area contributed by atoms with E-state index in [-0.39, 0.29) is 17.6 Å². The van der Waals surface area contributed by atoms with E-state index in [0.717, 1.165) is 17.3 Å². The molecule has 2 unspecified atom stereocenters. The van der Waals surface area contributed by atoms with Crippen molar-refractivity contribution in [2.45, 2.75) is 30.3 Å². The Labute approximate surface area is 108 Å². The maximum atomic E-state index is 12.0. The summed E-state index contributed by atoms with van der Waals surface area (Å²) in [5.74, 6) is -0.335. The summed E-state index contributed by atoms with van der Waals surface area (Å²) in [5.41, 5.74) is 1.04. The molecule has 2 rings (SSSR count). The molecule has 5 heteroatoms. The second-order valence-electron chi connectivity index (χ2n) is 4.54. The van der Waals surface area contributed by atoms with Crippen molar-refractivity contribution in [3.63, 3.8) is 0 Å². The predicted molar refractivity (Wildman–Crippen MR) is 64.8 cm³/mol. The Hall–Kier alpha value is -0.970. The van der Waals surface area contributed by atoms with E-state index in [2.05, 4.69) is 0 Å². The van der Waals surface area contributed by atoms with Crippen LogP contribution >= 0.6 is 11.8 Å². The summed E-state index contributed by atoms with van der Waals surface area (Å²) < 4.78 is 36.1. The molecule has 0 aromatic heterocycles. The maximum absolute atomic E-state index is 12.0. The molecule has 1 nitrogen and oxygen atoms in total. The summed E-state index contributed by atoms with van der Waals surface area (Å²) in [4.78, 5) is 11.8. The number of hydrogen-bond donors (Lipinski definition) is 0. The van der Waals surface area contributed by atoms with Gasteiger partial charge in [0.2, 0.25) is 0 Å². The Morgan fingerprint density at radius 3 is 2.33 bits per heavy atom. The van der Waals surface area contributed by atoms with Gasteiger partial charge in [0.15, 0.2) is 0 Å². The number of Topliss-reactive ketones (excluding diaryl/α,β-unsaturated/α-hetero) is 1. The molecule has 0 amide bonds. The van der Waals surface area contributed by atoms with Crippen molar-refractivity contribution in [1.29, 1.82) is 0 Å². The Balaban J connectivity index is 1.96. The van der Waals surface area contributed by atoms with Crippen LogP contribution in [0.2, 0.25) is 0 Å². The molecule has 18 heavy (non-hydrogen) atoms. The fraction of sp³-hybridized carbons (Fsp3) is 0.462. The molecule has 0 bridgehead atoms. The van der Waals surface area contributed by atoms with E-state index in [1.54, 1.807) is 12.1 Å². The molecule has 1 aromatic rings. The molecule has 1 saturated carbocycles. The second kappa shape index (κ2) is 4.96. The number of rotatable bonds is 3. The molecule has 1 aliphatic rings. The van der Waals surface area contributed by atoms with Gasteiger partial charge in [-0.2, -0.15) is 13.2 Å². The predicted octanol–water partition coefficient (Wildman–Crippen LogP) is 4.03. The van der Waals surface area contributed by atoms with Crippen LogP contribution in [0, 0.1) is 5.92 Å². The van der Waals surface area contributed by atoms with Gasteiger partial charge in [-0.1, -0.05) is 19.1 Å². The van der Waals surface area contributed by atoms with Gasteiger partial charge >= 0.3 is 6.18 Å². The van der Waals surface area contributed by atoms with Crippen LogP contribution in [0.3, 0.4) is 0 Å². The minimum absolute atomic E-state index is 0.0404. The molecule has 2 atom stereocenters. The molecule has 0 heterocycles. The Bertz CT molecular complexity index is 439. The van der Waals surface area contributed by atoms with Crippen molar-refractivity contribution in [3.8, 4) is 0 Å². The highest BCUT2D eigenvalue weighted by atomic mass is 32.2. The quantitative estimate of drug-likeness (QED) is 0.774. The van der Waals surface area contributed by atoms with Gasteiger partial charge in [-0.15, -0.1) is 11.8 Å². The molecule has 0 N–H and O–H groups in total. The van der Waals surface area contributed by atoms with Gasteiger partial charge < -0.3 is 0 Å². The van der Waals surface area contributed by atoms with Gasteiger partial charge in [0.25, 0.3) is 0 Å². The zero-order valence-electron chi connectivity index (χ0n) is 9.83. The average molecular weight is 274 g/mol. The monoisotopic (exact) mass is 274 g/mol. The number of thioether (sulfide) groups is 1. The zero-order chi connectivity index (χ0) is 13.3. The minimum Gasteiger partial charge on any atom is -0.299 e. The Kier molecular flexibility index (Phi) is 3.71. The lowest BCUT2D eigenvalue weighted by atomic mass is 9.70. The van der Waals surface area contributed by atoms with Crippen molar-refractivity contribution in [1.82, 2.24) is 0 Å². The van der Waals surface area contributed by atoms with E-state index >= 15 is 0 Å². The zero-order valence-corrected chi connectivity index (χ0v) is 10.6. The lowest BCUT2D eigenvalue weighted by Crippen LogP contribution is -2.32. The van der Waals surface area contributed by atoms with Crippen LogP contribution in [0.25, 0.3) is 0 Å². The molecule has 1 fully saturated rings. The summed E-state index contributed by atoms with van der Waals surface area (Å²) in [7, 11) is 0. The van der Waals surface area contributed by atoms with Crippen LogP contribution < -0.4 is 0 Å². The van der Waals surface area contributed by atoms with E-state index in [1.165, 1.54) is 0 Å². The number of alkyl halides is 3. The van der Waals surface area contributed by atoms with Crippen molar-refractivity contribution < 1.29 is 18.0 Å². The average Bonchev–Trinajstić information content (AvgIpc) is 2.33. The number of carbonyl (C=O) groups excluding carboxylic acids is 1. The third-order valence-electron chi connectivity index (χ3n) is 3.24. The van der Waals surface area contributed by atoms with E-state index in [9.17, 15) is 18.0 Å². The number of carbonyl (C=O) groups is 1. The molecule has 0 saturated heterocycles. The maximum Gasteiger partial charge on any atom is 0.398 e. The molecule has 0 spiro atoms. The third-order valence-corrected chi connectivity index (χ3v) is 4.32. The highest BCUT2D eigenvalue weighted by molar-refractivity contribution is 7.99. The van der Waals surface area contributed by atoms with Crippen LogP contribution in [0.4, 0.5) is 13.2 Å². The van der Waals surface area contributed by atoms with Crippen LogP contribution in [-0.2, 0) is 4.79 Å². The minimum atomic E-state index is -4.14. The van der Waals surface area contributed by atoms with Crippen molar-refractivity contribution in [2.75, 3.05) is 5.75 Å².